The van der Waals surface area contributed by atoms with Crippen LogP contribution in [0.4, 0.5) is 8.78 Å². The highest BCUT2D eigenvalue weighted by Gasteiger charge is 2.30. The molecule has 2 amide bonds. The number of rotatable bonds is 6. The number of piperidine rings is 1. The van der Waals surface area contributed by atoms with E-state index in [4.69, 9.17) is 4.74 Å². The lowest BCUT2D eigenvalue weighted by atomic mass is 10.0. The number of fused-ring (bicyclic) bond motifs is 1. The first-order chi connectivity index (χ1) is 17.4. The molecule has 0 spiro atoms. The summed E-state index contributed by atoms with van der Waals surface area (Å²) in [6.07, 6.45) is 3.60. The van der Waals surface area contributed by atoms with Gasteiger partial charge < -0.3 is 15.0 Å². The van der Waals surface area contributed by atoms with Crippen LogP contribution in [0.25, 0.3) is 5.69 Å². The van der Waals surface area contributed by atoms with Gasteiger partial charge in [-0.2, -0.15) is 5.10 Å². The summed E-state index contributed by atoms with van der Waals surface area (Å²) in [4.78, 5) is 27.8. The van der Waals surface area contributed by atoms with Gasteiger partial charge >= 0.3 is 0 Å². The monoisotopic (exact) mass is 494 g/mol. The minimum atomic E-state index is -0.952. The molecule has 1 N–H and O–H groups in total. The molecule has 5 rings (SSSR count). The quantitative estimate of drug-likeness (QED) is 0.561. The number of halogens is 2. The minimum absolute atomic E-state index is 0.0362. The van der Waals surface area contributed by atoms with Crippen molar-refractivity contribution in [1.82, 2.24) is 20.0 Å². The van der Waals surface area contributed by atoms with E-state index >= 15 is 0 Å². The molecule has 3 aromatic rings. The Labute approximate surface area is 208 Å². The van der Waals surface area contributed by atoms with Crippen LogP contribution in [0.2, 0.25) is 0 Å². The largest absolute Gasteiger partial charge is 0.494 e. The minimum Gasteiger partial charge on any atom is -0.494 e. The number of benzene rings is 2. The SMILES string of the molecule is CCOc1ccc(C(=O)N2CCC(NC(=O)c3nn(-c4ccc(F)c(F)c4)c4c3CCC4)CC2)cc1. The van der Waals surface area contributed by atoms with Crippen LogP contribution in [0.1, 0.15) is 58.3 Å². The smallest absolute Gasteiger partial charge is 0.272 e. The van der Waals surface area contributed by atoms with E-state index in [1.165, 1.54) is 6.07 Å². The Hall–Kier alpha value is -3.75. The number of nitrogens with one attached hydrogen (secondary N) is 1. The summed E-state index contributed by atoms with van der Waals surface area (Å²) in [7, 11) is 0. The van der Waals surface area contributed by atoms with Gasteiger partial charge in [-0.3, -0.25) is 9.59 Å². The van der Waals surface area contributed by atoms with Crippen LogP contribution in [-0.4, -0.2) is 52.2 Å². The van der Waals surface area contributed by atoms with Crippen molar-refractivity contribution in [2.75, 3.05) is 19.7 Å². The number of nitrogens with zero attached hydrogens (tertiary/aromatic N) is 3. The average Bonchev–Trinajstić information content (AvgIpc) is 3.50. The van der Waals surface area contributed by atoms with E-state index in [9.17, 15) is 18.4 Å². The second-order valence-electron chi connectivity index (χ2n) is 9.13. The lowest BCUT2D eigenvalue weighted by Gasteiger charge is -2.32. The molecule has 9 heteroatoms. The van der Waals surface area contributed by atoms with E-state index in [2.05, 4.69) is 10.4 Å². The van der Waals surface area contributed by atoms with Gasteiger partial charge in [-0.15, -0.1) is 0 Å². The number of likely N-dealkylation sites (tertiary alicyclic amines) is 1. The Balaban J connectivity index is 1.23. The molecular weight excluding hydrogens is 466 g/mol. The zero-order chi connectivity index (χ0) is 25.2. The number of hydrogen-bond acceptors (Lipinski definition) is 4. The Morgan fingerprint density at radius 3 is 2.50 bits per heavy atom. The third kappa shape index (κ3) is 4.69. The third-order valence-corrected chi connectivity index (χ3v) is 6.82. The summed E-state index contributed by atoms with van der Waals surface area (Å²) in [5, 5.41) is 7.55. The summed E-state index contributed by atoms with van der Waals surface area (Å²) >= 11 is 0. The Morgan fingerprint density at radius 2 is 1.81 bits per heavy atom. The third-order valence-electron chi connectivity index (χ3n) is 6.82. The van der Waals surface area contributed by atoms with Gasteiger partial charge in [0, 0.05) is 42.0 Å². The van der Waals surface area contributed by atoms with Crippen LogP contribution in [0.3, 0.4) is 0 Å². The number of hydrogen-bond donors (Lipinski definition) is 1. The average molecular weight is 495 g/mol. The number of ether oxygens (including phenoxy) is 1. The van der Waals surface area contributed by atoms with Gasteiger partial charge in [0.2, 0.25) is 0 Å². The second-order valence-corrected chi connectivity index (χ2v) is 9.13. The van der Waals surface area contributed by atoms with E-state index in [-0.39, 0.29) is 17.9 Å². The number of carbonyl (C=O) groups is 2. The van der Waals surface area contributed by atoms with Crippen molar-refractivity contribution in [1.29, 1.82) is 0 Å². The van der Waals surface area contributed by atoms with Crippen molar-refractivity contribution >= 4 is 11.8 Å². The van der Waals surface area contributed by atoms with E-state index in [1.54, 1.807) is 33.8 Å². The molecule has 1 aromatic heterocycles. The summed E-state index contributed by atoms with van der Waals surface area (Å²) in [6.45, 7) is 3.56. The molecule has 2 aliphatic rings. The Morgan fingerprint density at radius 1 is 1.06 bits per heavy atom. The molecule has 1 aliphatic carbocycles. The van der Waals surface area contributed by atoms with Crippen LogP contribution in [0, 0.1) is 11.6 Å². The highest BCUT2D eigenvalue weighted by atomic mass is 19.2. The van der Waals surface area contributed by atoms with Gasteiger partial charge in [0.15, 0.2) is 17.3 Å². The van der Waals surface area contributed by atoms with Crippen LogP contribution >= 0.6 is 0 Å². The highest BCUT2D eigenvalue weighted by Crippen LogP contribution is 2.28. The molecule has 0 atom stereocenters. The zero-order valence-corrected chi connectivity index (χ0v) is 20.1. The van der Waals surface area contributed by atoms with Crippen LogP contribution < -0.4 is 10.1 Å². The van der Waals surface area contributed by atoms with Crippen molar-refractivity contribution in [2.24, 2.45) is 0 Å². The normalized spacial score (nSPS) is 15.6. The van der Waals surface area contributed by atoms with Crippen LogP contribution in [0.15, 0.2) is 42.5 Å². The van der Waals surface area contributed by atoms with Crippen molar-refractivity contribution in [2.45, 2.75) is 45.1 Å². The van der Waals surface area contributed by atoms with Gasteiger partial charge in [-0.1, -0.05) is 0 Å². The molecule has 0 bridgehead atoms. The topological polar surface area (TPSA) is 76.5 Å². The Kier molecular flexibility index (Phi) is 6.71. The van der Waals surface area contributed by atoms with E-state index in [0.717, 1.165) is 48.4 Å². The molecule has 0 saturated carbocycles. The fraction of sp³-hybridized carbons (Fsp3) is 0.370. The van der Waals surface area contributed by atoms with E-state index in [0.29, 0.717) is 49.5 Å². The first-order valence-electron chi connectivity index (χ1n) is 12.3. The van der Waals surface area contributed by atoms with Gasteiger partial charge in [0.1, 0.15) is 5.75 Å². The Bertz CT molecular complexity index is 1280. The molecular formula is C27H28F2N4O3. The van der Waals surface area contributed by atoms with Crippen molar-refractivity contribution in [3.05, 3.63) is 76.6 Å². The highest BCUT2D eigenvalue weighted by molar-refractivity contribution is 5.95. The molecule has 1 saturated heterocycles. The summed E-state index contributed by atoms with van der Waals surface area (Å²) in [5.41, 5.74) is 3.06. The molecule has 7 nitrogen and oxygen atoms in total. The molecule has 0 radical (unpaired) electrons. The molecule has 1 fully saturated rings. The molecule has 2 heterocycles. The zero-order valence-electron chi connectivity index (χ0n) is 20.1. The fourth-order valence-electron chi connectivity index (χ4n) is 4.97. The van der Waals surface area contributed by atoms with Crippen molar-refractivity contribution < 1.29 is 23.1 Å². The summed E-state index contributed by atoms with van der Waals surface area (Å²) < 4.78 is 34.2. The van der Waals surface area contributed by atoms with E-state index < -0.39 is 11.6 Å². The first-order valence-corrected chi connectivity index (χ1v) is 12.3. The summed E-state index contributed by atoms with van der Waals surface area (Å²) in [5.74, 6) is -1.45. The predicted octanol–water partition coefficient (Wildman–Crippen LogP) is 4.07. The van der Waals surface area contributed by atoms with E-state index in [1.807, 2.05) is 6.92 Å². The maximum Gasteiger partial charge on any atom is 0.272 e. The molecule has 0 unspecified atom stereocenters. The van der Waals surface area contributed by atoms with Gasteiger partial charge in [-0.25, -0.2) is 13.5 Å². The molecule has 1 aliphatic heterocycles. The molecule has 36 heavy (non-hydrogen) atoms. The van der Waals surface area contributed by atoms with Crippen LogP contribution in [0.5, 0.6) is 5.75 Å². The lowest BCUT2D eigenvalue weighted by molar-refractivity contribution is 0.0697. The maximum atomic E-state index is 13.8. The van der Waals surface area contributed by atoms with Crippen LogP contribution in [-0.2, 0) is 12.8 Å². The number of amides is 2. The molecule has 188 valence electrons. The van der Waals surface area contributed by atoms with Crippen molar-refractivity contribution in [3.8, 4) is 11.4 Å². The second kappa shape index (κ2) is 10.1. The van der Waals surface area contributed by atoms with Gasteiger partial charge in [-0.05, 0) is 75.4 Å². The molecule has 2 aromatic carbocycles. The lowest BCUT2D eigenvalue weighted by Crippen LogP contribution is -2.46. The van der Waals surface area contributed by atoms with Crippen molar-refractivity contribution in [3.63, 3.8) is 0 Å². The number of aromatic nitrogens is 2. The van der Waals surface area contributed by atoms with Gasteiger partial charge in [0.05, 0.1) is 12.3 Å². The maximum absolute atomic E-state index is 13.8. The standard InChI is InChI=1S/C27H28F2N4O3/c1-2-36-20-9-6-17(7-10-20)27(35)32-14-12-18(13-15-32)30-26(34)25-21-4-3-5-24(21)33(31-25)19-8-11-22(28)23(29)16-19/h6-11,16,18H,2-5,12-15H2,1H3,(H,30,34). The first kappa shape index (κ1) is 24.0. The summed E-state index contributed by atoms with van der Waals surface area (Å²) in [6, 6.07) is 10.7. The fourth-order valence-corrected chi connectivity index (χ4v) is 4.97. The predicted molar refractivity (Wildman–Crippen MR) is 130 cm³/mol. The van der Waals surface area contributed by atoms with Gasteiger partial charge in [0.25, 0.3) is 11.8 Å². The number of carbonyl (C=O) groups excluding carboxylic acids is 2.